The first-order valence-electron chi connectivity index (χ1n) is 9.21. The molecule has 1 heterocycles. The number of carbonyl (C=O) groups excluding carboxylic acids is 1. The summed E-state index contributed by atoms with van der Waals surface area (Å²) in [5.74, 6) is 0.956. The van der Waals surface area contributed by atoms with E-state index in [4.69, 9.17) is 4.98 Å². The van der Waals surface area contributed by atoms with Gasteiger partial charge in [0, 0.05) is 25.1 Å². The average Bonchev–Trinajstić information content (AvgIpc) is 3.23. The number of hydrogen-bond acceptors (Lipinski definition) is 3. The number of carbonyl (C=O) groups is 1. The second-order valence-corrected chi connectivity index (χ2v) is 6.74. The van der Waals surface area contributed by atoms with Crippen LogP contribution in [0.1, 0.15) is 36.2 Å². The van der Waals surface area contributed by atoms with Crippen molar-refractivity contribution in [1.82, 2.24) is 14.9 Å². The van der Waals surface area contributed by atoms with Crippen molar-refractivity contribution in [1.29, 1.82) is 0 Å². The first kappa shape index (κ1) is 16.6. The summed E-state index contributed by atoms with van der Waals surface area (Å²) in [7, 11) is 0. The number of aromatic hydroxyl groups is 1. The van der Waals surface area contributed by atoms with Gasteiger partial charge < -0.3 is 15.0 Å². The van der Waals surface area contributed by atoms with Crippen molar-refractivity contribution in [3.05, 3.63) is 59.4 Å². The first-order chi connectivity index (χ1) is 12.7. The predicted octanol–water partition coefficient (Wildman–Crippen LogP) is 3.15. The fourth-order valence-electron chi connectivity index (χ4n) is 4.02. The number of phenols is 1. The van der Waals surface area contributed by atoms with Gasteiger partial charge in [-0.1, -0.05) is 24.3 Å². The number of phenolic OH excluding ortho intramolecular Hbond substituents is 1. The van der Waals surface area contributed by atoms with Crippen LogP contribution >= 0.6 is 0 Å². The smallest absolute Gasteiger partial charge is 0.227 e. The van der Waals surface area contributed by atoms with Crippen molar-refractivity contribution in [3.8, 4) is 5.75 Å². The van der Waals surface area contributed by atoms with E-state index in [1.807, 2.05) is 30.3 Å². The van der Waals surface area contributed by atoms with E-state index in [1.165, 1.54) is 0 Å². The lowest BCUT2D eigenvalue weighted by atomic mass is 9.99. The lowest BCUT2D eigenvalue weighted by Crippen LogP contribution is -2.30. The largest absolute Gasteiger partial charge is 0.508 e. The number of aryl methyl sites for hydroxylation is 2. The highest BCUT2D eigenvalue weighted by Crippen LogP contribution is 2.38. The molecule has 4 rings (SSSR count). The van der Waals surface area contributed by atoms with Crippen LogP contribution in [0.2, 0.25) is 0 Å². The fraction of sp³-hybridized carbons (Fsp3) is 0.333. The lowest BCUT2D eigenvalue weighted by Gasteiger charge is -2.13. The Labute approximate surface area is 152 Å². The third-order valence-corrected chi connectivity index (χ3v) is 5.24. The van der Waals surface area contributed by atoms with Crippen LogP contribution < -0.4 is 5.32 Å². The van der Waals surface area contributed by atoms with Gasteiger partial charge in [0.2, 0.25) is 5.91 Å². The van der Waals surface area contributed by atoms with E-state index >= 15 is 0 Å². The molecule has 0 bridgehead atoms. The van der Waals surface area contributed by atoms with Gasteiger partial charge in [-0.3, -0.25) is 4.79 Å². The van der Waals surface area contributed by atoms with E-state index in [0.717, 1.165) is 47.4 Å². The quantitative estimate of drug-likeness (QED) is 0.743. The Hall–Kier alpha value is -2.82. The molecule has 0 spiro atoms. The van der Waals surface area contributed by atoms with E-state index in [1.54, 1.807) is 6.07 Å². The van der Waals surface area contributed by atoms with Gasteiger partial charge >= 0.3 is 0 Å². The molecule has 1 aromatic heterocycles. The maximum Gasteiger partial charge on any atom is 0.227 e. The molecule has 0 aliphatic heterocycles. The maximum absolute atomic E-state index is 12.6. The summed E-state index contributed by atoms with van der Waals surface area (Å²) in [6, 6.07) is 13.6. The van der Waals surface area contributed by atoms with Crippen molar-refractivity contribution in [2.24, 2.45) is 0 Å². The zero-order valence-corrected chi connectivity index (χ0v) is 14.9. The van der Waals surface area contributed by atoms with Gasteiger partial charge in [-0.2, -0.15) is 0 Å². The predicted molar refractivity (Wildman–Crippen MR) is 101 cm³/mol. The van der Waals surface area contributed by atoms with Gasteiger partial charge in [0.25, 0.3) is 0 Å². The summed E-state index contributed by atoms with van der Waals surface area (Å²) in [5, 5.41) is 13.1. The molecule has 1 aliphatic rings. The summed E-state index contributed by atoms with van der Waals surface area (Å²) in [4.78, 5) is 17.3. The summed E-state index contributed by atoms with van der Waals surface area (Å²) in [5.41, 5.74) is 4.00. The number of fused-ring (bicyclic) bond motifs is 2. The van der Waals surface area contributed by atoms with E-state index in [9.17, 15) is 9.90 Å². The van der Waals surface area contributed by atoms with Crippen LogP contribution in [-0.4, -0.2) is 27.1 Å². The van der Waals surface area contributed by atoms with Gasteiger partial charge in [-0.05, 0) is 43.5 Å². The molecule has 0 saturated carbocycles. The normalized spacial score (nSPS) is 16.0. The molecule has 0 radical (unpaired) electrons. The minimum atomic E-state index is -0.254. The number of aromatic nitrogens is 2. The summed E-state index contributed by atoms with van der Waals surface area (Å²) >= 11 is 0. The molecule has 26 heavy (non-hydrogen) atoms. The molecule has 1 unspecified atom stereocenters. The molecule has 5 heteroatoms. The minimum Gasteiger partial charge on any atom is -0.508 e. The van der Waals surface area contributed by atoms with E-state index in [2.05, 4.69) is 22.9 Å². The SMILES string of the molecule is CCn1c(CCNC(=O)C2CCc3cccc(O)c32)nc2ccccc21. The maximum atomic E-state index is 12.6. The summed E-state index contributed by atoms with van der Waals surface area (Å²) in [6.07, 6.45) is 2.29. The molecule has 0 saturated heterocycles. The molecule has 2 N–H and O–H groups in total. The zero-order chi connectivity index (χ0) is 18.1. The van der Waals surface area contributed by atoms with E-state index in [0.29, 0.717) is 13.0 Å². The second-order valence-electron chi connectivity index (χ2n) is 6.74. The highest BCUT2D eigenvalue weighted by atomic mass is 16.3. The summed E-state index contributed by atoms with van der Waals surface area (Å²) < 4.78 is 2.19. The molecular formula is C21H23N3O2. The third-order valence-electron chi connectivity index (χ3n) is 5.24. The second kappa shape index (κ2) is 6.83. The zero-order valence-electron chi connectivity index (χ0n) is 14.9. The van der Waals surface area contributed by atoms with Crippen molar-refractivity contribution < 1.29 is 9.90 Å². The molecule has 1 amide bonds. The van der Waals surface area contributed by atoms with Crippen molar-refractivity contribution in [2.75, 3.05) is 6.54 Å². The van der Waals surface area contributed by atoms with Gasteiger partial charge in [0.1, 0.15) is 11.6 Å². The Morgan fingerprint density at radius 3 is 2.96 bits per heavy atom. The molecule has 134 valence electrons. The van der Waals surface area contributed by atoms with Crippen LogP contribution in [0.5, 0.6) is 5.75 Å². The minimum absolute atomic E-state index is 0.00981. The Kier molecular flexibility index (Phi) is 4.37. The molecule has 0 fully saturated rings. The Morgan fingerprint density at radius 2 is 2.12 bits per heavy atom. The van der Waals surface area contributed by atoms with E-state index in [-0.39, 0.29) is 17.6 Å². The van der Waals surface area contributed by atoms with Crippen molar-refractivity contribution in [3.63, 3.8) is 0 Å². The van der Waals surface area contributed by atoms with E-state index < -0.39 is 0 Å². The summed E-state index contributed by atoms with van der Waals surface area (Å²) in [6.45, 7) is 3.50. The van der Waals surface area contributed by atoms with Gasteiger partial charge in [0.15, 0.2) is 0 Å². The van der Waals surface area contributed by atoms with Gasteiger partial charge in [-0.25, -0.2) is 4.98 Å². The van der Waals surface area contributed by atoms with Crippen molar-refractivity contribution >= 4 is 16.9 Å². The van der Waals surface area contributed by atoms with Crippen LogP contribution in [0.25, 0.3) is 11.0 Å². The average molecular weight is 349 g/mol. The monoisotopic (exact) mass is 349 g/mol. The number of imidazole rings is 1. The highest BCUT2D eigenvalue weighted by Gasteiger charge is 2.30. The van der Waals surface area contributed by atoms with Crippen LogP contribution in [0.4, 0.5) is 0 Å². The number of nitrogens with zero attached hydrogens (tertiary/aromatic N) is 2. The molecule has 1 aliphatic carbocycles. The number of amides is 1. The molecule has 5 nitrogen and oxygen atoms in total. The number of para-hydroxylation sites is 2. The molecule has 1 atom stereocenters. The first-order valence-corrected chi connectivity index (χ1v) is 9.21. The van der Waals surface area contributed by atoms with Crippen LogP contribution in [0.3, 0.4) is 0 Å². The van der Waals surface area contributed by atoms with Crippen LogP contribution in [-0.2, 0) is 24.2 Å². The third kappa shape index (κ3) is 2.83. The van der Waals surface area contributed by atoms with Gasteiger partial charge in [-0.15, -0.1) is 0 Å². The Bertz CT molecular complexity index is 961. The number of hydrogen-bond donors (Lipinski definition) is 2. The molecule has 3 aromatic rings. The Balaban J connectivity index is 1.44. The number of nitrogens with one attached hydrogen (secondary N) is 1. The molecule has 2 aromatic carbocycles. The fourth-order valence-corrected chi connectivity index (χ4v) is 4.02. The number of benzene rings is 2. The molecular weight excluding hydrogens is 326 g/mol. The standard InChI is InChI=1S/C21H23N3O2/c1-2-24-17-8-4-3-7-16(17)23-19(24)12-13-22-21(26)15-11-10-14-6-5-9-18(25)20(14)15/h3-9,15,25H,2,10-13H2,1H3,(H,22,26). The lowest BCUT2D eigenvalue weighted by molar-refractivity contribution is -0.122. The Morgan fingerprint density at radius 1 is 1.27 bits per heavy atom. The number of rotatable bonds is 5. The topological polar surface area (TPSA) is 67.2 Å². The van der Waals surface area contributed by atoms with Crippen LogP contribution in [0.15, 0.2) is 42.5 Å². The van der Waals surface area contributed by atoms with Crippen molar-refractivity contribution in [2.45, 2.75) is 38.6 Å². The van der Waals surface area contributed by atoms with Crippen LogP contribution in [0, 0.1) is 0 Å². The highest BCUT2D eigenvalue weighted by molar-refractivity contribution is 5.86. The van der Waals surface area contributed by atoms with Gasteiger partial charge in [0.05, 0.1) is 17.0 Å².